The van der Waals surface area contributed by atoms with Crippen molar-refractivity contribution in [1.29, 1.82) is 0 Å². The highest BCUT2D eigenvalue weighted by Crippen LogP contribution is 2.32. The van der Waals surface area contributed by atoms with Gasteiger partial charge in [-0.05, 0) is 30.3 Å². The monoisotopic (exact) mass is 241 g/mol. The number of benzene rings is 2. The second kappa shape index (κ2) is 3.66. The first-order chi connectivity index (χ1) is 8.63. The third-order valence-corrected chi connectivity index (χ3v) is 2.66. The zero-order chi connectivity index (χ0) is 12.7. The lowest BCUT2D eigenvalue weighted by Gasteiger charge is -2.00. The summed E-state index contributed by atoms with van der Waals surface area (Å²) < 4.78 is 5.56. The predicted molar refractivity (Wildman–Crippen MR) is 69.9 cm³/mol. The van der Waals surface area contributed by atoms with Crippen LogP contribution >= 0.6 is 0 Å². The maximum absolute atomic E-state index is 9.82. The van der Waals surface area contributed by atoms with E-state index < -0.39 is 0 Å². The first kappa shape index (κ1) is 10.5. The predicted octanol–water partition coefficient (Wildman–Crippen LogP) is 2.36. The normalized spacial score (nSPS) is 10.9. The Labute approximate surface area is 103 Å². The Hall–Kier alpha value is -2.69. The summed E-state index contributed by atoms with van der Waals surface area (Å²) in [6.45, 7) is 0. The number of anilines is 2. The van der Waals surface area contributed by atoms with E-state index in [0.717, 1.165) is 0 Å². The highest BCUT2D eigenvalue weighted by atomic mass is 16.3. The Morgan fingerprint density at radius 1 is 1.00 bits per heavy atom. The highest BCUT2D eigenvalue weighted by molar-refractivity contribution is 5.80. The number of fused-ring (bicyclic) bond motifs is 1. The summed E-state index contributed by atoms with van der Waals surface area (Å²) >= 11 is 0. The maximum atomic E-state index is 9.82. The van der Waals surface area contributed by atoms with Gasteiger partial charge >= 0.3 is 0 Å². The number of aromatic hydroxyl groups is 1. The van der Waals surface area contributed by atoms with Gasteiger partial charge in [0, 0.05) is 17.4 Å². The van der Waals surface area contributed by atoms with Crippen molar-refractivity contribution < 1.29 is 9.52 Å². The molecule has 0 spiro atoms. The number of nitrogens with two attached hydrogens (primary N) is 2. The van der Waals surface area contributed by atoms with Crippen LogP contribution in [-0.4, -0.2) is 10.1 Å². The highest BCUT2D eigenvalue weighted by Gasteiger charge is 2.12. The molecule has 3 aromatic rings. The zero-order valence-electron chi connectivity index (χ0n) is 9.42. The fraction of sp³-hybridized carbons (Fsp3) is 0. The molecule has 0 saturated carbocycles. The van der Waals surface area contributed by atoms with Gasteiger partial charge in [-0.1, -0.05) is 0 Å². The van der Waals surface area contributed by atoms with Crippen LogP contribution < -0.4 is 11.5 Å². The number of phenols is 1. The zero-order valence-corrected chi connectivity index (χ0v) is 9.42. The Kier molecular flexibility index (Phi) is 2.13. The number of phenolic OH excluding ortho intramolecular Hbond substituents is 1. The first-order valence-electron chi connectivity index (χ1n) is 5.38. The molecule has 0 aliphatic carbocycles. The fourth-order valence-electron chi connectivity index (χ4n) is 1.79. The SMILES string of the molecule is Nc1ccc(-c2nc3cc(N)ccc3o2)c(O)c1. The minimum Gasteiger partial charge on any atom is -0.507 e. The van der Waals surface area contributed by atoms with Crippen molar-refractivity contribution in [2.75, 3.05) is 11.5 Å². The van der Waals surface area contributed by atoms with Gasteiger partial charge in [0.15, 0.2) is 5.58 Å². The van der Waals surface area contributed by atoms with Crippen molar-refractivity contribution in [3.8, 4) is 17.2 Å². The van der Waals surface area contributed by atoms with Gasteiger partial charge < -0.3 is 21.0 Å². The molecule has 2 aromatic carbocycles. The molecule has 0 aliphatic heterocycles. The van der Waals surface area contributed by atoms with Gasteiger partial charge in [-0.25, -0.2) is 4.98 Å². The van der Waals surface area contributed by atoms with Crippen LogP contribution in [0.1, 0.15) is 0 Å². The lowest BCUT2D eigenvalue weighted by molar-refractivity contribution is 0.474. The van der Waals surface area contributed by atoms with E-state index >= 15 is 0 Å². The summed E-state index contributed by atoms with van der Waals surface area (Å²) in [5.74, 6) is 0.377. The lowest BCUT2D eigenvalue weighted by atomic mass is 10.2. The smallest absolute Gasteiger partial charge is 0.231 e. The van der Waals surface area contributed by atoms with Crippen LogP contribution in [0.4, 0.5) is 11.4 Å². The van der Waals surface area contributed by atoms with Crippen LogP contribution in [0.15, 0.2) is 40.8 Å². The molecule has 1 aromatic heterocycles. The average molecular weight is 241 g/mol. The molecule has 0 fully saturated rings. The van der Waals surface area contributed by atoms with Gasteiger partial charge in [0.1, 0.15) is 11.3 Å². The maximum Gasteiger partial charge on any atom is 0.231 e. The molecular formula is C13H11N3O2. The van der Waals surface area contributed by atoms with E-state index in [9.17, 15) is 5.11 Å². The third-order valence-electron chi connectivity index (χ3n) is 2.66. The van der Waals surface area contributed by atoms with E-state index in [1.807, 2.05) is 0 Å². The molecule has 0 atom stereocenters. The minimum absolute atomic E-state index is 0.0366. The second-order valence-electron chi connectivity index (χ2n) is 4.02. The van der Waals surface area contributed by atoms with Crippen molar-refractivity contribution in [2.45, 2.75) is 0 Å². The van der Waals surface area contributed by atoms with E-state index in [4.69, 9.17) is 15.9 Å². The molecule has 0 bridgehead atoms. The van der Waals surface area contributed by atoms with E-state index in [2.05, 4.69) is 4.98 Å². The van der Waals surface area contributed by atoms with E-state index in [1.54, 1.807) is 30.3 Å². The summed E-state index contributed by atoms with van der Waals surface area (Å²) in [4.78, 5) is 4.29. The van der Waals surface area contributed by atoms with Gasteiger partial charge in [-0.3, -0.25) is 0 Å². The van der Waals surface area contributed by atoms with Gasteiger partial charge in [-0.15, -0.1) is 0 Å². The molecular weight excluding hydrogens is 230 g/mol. The number of nitrogens with zero attached hydrogens (tertiary/aromatic N) is 1. The molecule has 18 heavy (non-hydrogen) atoms. The standard InChI is InChI=1S/C13H11N3O2/c14-7-2-4-12-10(5-7)16-13(18-12)9-3-1-8(15)6-11(9)17/h1-6,17H,14-15H2. The molecule has 0 unspecified atom stereocenters. The van der Waals surface area contributed by atoms with Gasteiger partial charge in [-0.2, -0.15) is 0 Å². The quantitative estimate of drug-likeness (QED) is 0.568. The van der Waals surface area contributed by atoms with Crippen molar-refractivity contribution in [3.63, 3.8) is 0 Å². The van der Waals surface area contributed by atoms with Crippen LogP contribution in [0.2, 0.25) is 0 Å². The van der Waals surface area contributed by atoms with Crippen molar-refractivity contribution >= 4 is 22.5 Å². The number of nitrogen functional groups attached to an aromatic ring is 2. The first-order valence-corrected chi connectivity index (χ1v) is 5.38. The van der Waals surface area contributed by atoms with Gasteiger partial charge in [0.05, 0.1) is 5.56 Å². The summed E-state index contributed by atoms with van der Waals surface area (Å²) in [6, 6.07) is 10.0. The number of aromatic nitrogens is 1. The van der Waals surface area contributed by atoms with Crippen LogP contribution in [0, 0.1) is 0 Å². The van der Waals surface area contributed by atoms with Crippen LogP contribution in [0.5, 0.6) is 5.75 Å². The minimum atomic E-state index is 0.0366. The number of oxazole rings is 1. The van der Waals surface area contributed by atoms with E-state index in [1.165, 1.54) is 6.07 Å². The van der Waals surface area contributed by atoms with E-state index in [0.29, 0.717) is 33.9 Å². The molecule has 5 N–H and O–H groups in total. The summed E-state index contributed by atoms with van der Waals surface area (Å²) in [5.41, 5.74) is 14.1. The Morgan fingerprint density at radius 3 is 2.50 bits per heavy atom. The molecule has 5 nitrogen and oxygen atoms in total. The summed E-state index contributed by atoms with van der Waals surface area (Å²) in [6.07, 6.45) is 0. The molecule has 3 rings (SSSR count). The molecule has 0 aliphatic rings. The molecule has 90 valence electrons. The van der Waals surface area contributed by atoms with E-state index in [-0.39, 0.29) is 5.75 Å². The molecule has 0 amide bonds. The van der Waals surface area contributed by atoms with Crippen molar-refractivity contribution in [3.05, 3.63) is 36.4 Å². The molecule has 0 saturated heterocycles. The largest absolute Gasteiger partial charge is 0.507 e. The Balaban J connectivity index is 2.19. The fourth-order valence-corrected chi connectivity index (χ4v) is 1.79. The lowest BCUT2D eigenvalue weighted by Crippen LogP contribution is -1.85. The Bertz CT molecular complexity index is 734. The Morgan fingerprint density at radius 2 is 1.72 bits per heavy atom. The summed E-state index contributed by atoms with van der Waals surface area (Å²) in [7, 11) is 0. The van der Waals surface area contributed by atoms with Crippen LogP contribution in [0.3, 0.4) is 0 Å². The average Bonchev–Trinajstić information content (AvgIpc) is 2.71. The van der Waals surface area contributed by atoms with Gasteiger partial charge in [0.2, 0.25) is 5.89 Å². The van der Waals surface area contributed by atoms with Crippen molar-refractivity contribution in [2.24, 2.45) is 0 Å². The number of rotatable bonds is 1. The third kappa shape index (κ3) is 1.62. The molecule has 5 heteroatoms. The summed E-state index contributed by atoms with van der Waals surface area (Å²) in [5, 5.41) is 9.82. The number of hydrogen-bond donors (Lipinski definition) is 3. The van der Waals surface area contributed by atoms with Crippen molar-refractivity contribution in [1.82, 2.24) is 4.98 Å². The van der Waals surface area contributed by atoms with Crippen LogP contribution in [-0.2, 0) is 0 Å². The molecule has 1 heterocycles. The van der Waals surface area contributed by atoms with Gasteiger partial charge in [0.25, 0.3) is 0 Å². The van der Waals surface area contributed by atoms with Crippen LogP contribution in [0.25, 0.3) is 22.6 Å². The number of hydrogen-bond acceptors (Lipinski definition) is 5. The molecule has 0 radical (unpaired) electrons. The second-order valence-corrected chi connectivity index (χ2v) is 4.02. The topological polar surface area (TPSA) is 98.3 Å².